The predicted octanol–water partition coefficient (Wildman–Crippen LogP) is 6.21. The molecule has 4 rings (SSSR count). The normalized spacial score (nSPS) is 11.3. The number of nitrogens with zero attached hydrogens (tertiary/aromatic N) is 3. The number of aryl methyl sites for hydroxylation is 2. The summed E-state index contributed by atoms with van der Waals surface area (Å²) < 4.78 is 1.10. The van der Waals surface area contributed by atoms with Crippen molar-refractivity contribution >= 4 is 32.6 Å². The second-order valence-corrected chi connectivity index (χ2v) is 9.27. The van der Waals surface area contributed by atoms with Crippen LogP contribution in [0.4, 0.5) is 5.13 Å². The molecule has 0 aliphatic carbocycles. The summed E-state index contributed by atoms with van der Waals surface area (Å²) in [4.78, 5) is 24.3. The van der Waals surface area contributed by atoms with Gasteiger partial charge in [-0.15, -0.1) is 0 Å². The third kappa shape index (κ3) is 4.67. The Balaban J connectivity index is 1.67. The lowest BCUT2D eigenvalue weighted by molar-refractivity contribution is -0.118. The first kappa shape index (κ1) is 21.2. The molecule has 0 unspecified atom stereocenters. The van der Waals surface area contributed by atoms with E-state index in [0.29, 0.717) is 18.9 Å². The van der Waals surface area contributed by atoms with E-state index in [1.807, 2.05) is 12.1 Å². The van der Waals surface area contributed by atoms with Crippen LogP contribution in [-0.4, -0.2) is 15.9 Å². The number of hydrogen-bond acceptors (Lipinski definition) is 4. The summed E-state index contributed by atoms with van der Waals surface area (Å²) in [6.07, 6.45) is 3.89. The molecular weight excluding hydrogens is 402 g/mol. The number of hydrogen-bond donors (Lipinski definition) is 0. The Hall–Kier alpha value is -3.05. The Bertz CT molecular complexity index is 1200. The zero-order valence-corrected chi connectivity index (χ0v) is 19.2. The molecule has 0 fully saturated rings. The largest absolute Gasteiger partial charge is 0.283 e. The monoisotopic (exact) mass is 429 g/mol. The number of fused-ring (bicyclic) bond motifs is 1. The average molecular weight is 430 g/mol. The van der Waals surface area contributed by atoms with Crippen molar-refractivity contribution in [3.8, 4) is 0 Å². The van der Waals surface area contributed by atoms with Gasteiger partial charge in [-0.2, -0.15) is 0 Å². The number of thiazole rings is 1. The SMILES string of the molecule is Cc1ccc2sc(N(Cc3cccnc3)C(=O)Cc3ccc(C(C)C)cc3)nc2c1C. The second kappa shape index (κ2) is 8.98. The van der Waals surface area contributed by atoms with Crippen molar-refractivity contribution in [2.45, 2.75) is 46.6 Å². The van der Waals surface area contributed by atoms with E-state index >= 15 is 0 Å². The van der Waals surface area contributed by atoms with Crippen LogP contribution in [0.2, 0.25) is 0 Å². The molecule has 2 heterocycles. The molecule has 0 bridgehead atoms. The minimum Gasteiger partial charge on any atom is -0.283 e. The van der Waals surface area contributed by atoms with Crippen LogP contribution >= 0.6 is 11.3 Å². The van der Waals surface area contributed by atoms with Crippen LogP contribution in [0.15, 0.2) is 60.9 Å². The van der Waals surface area contributed by atoms with Crippen molar-refractivity contribution in [3.05, 3.63) is 88.7 Å². The smallest absolute Gasteiger partial charge is 0.233 e. The van der Waals surface area contributed by atoms with Gasteiger partial charge in [0.15, 0.2) is 5.13 Å². The molecule has 31 heavy (non-hydrogen) atoms. The molecule has 4 nitrogen and oxygen atoms in total. The van der Waals surface area contributed by atoms with Gasteiger partial charge in [-0.25, -0.2) is 4.98 Å². The first-order valence-electron chi connectivity index (χ1n) is 10.6. The summed E-state index contributed by atoms with van der Waals surface area (Å²) in [7, 11) is 0. The van der Waals surface area contributed by atoms with Crippen molar-refractivity contribution in [3.63, 3.8) is 0 Å². The lowest BCUT2D eigenvalue weighted by Crippen LogP contribution is -2.31. The van der Waals surface area contributed by atoms with Crippen molar-refractivity contribution in [2.24, 2.45) is 0 Å². The van der Waals surface area contributed by atoms with E-state index in [4.69, 9.17) is 4.98 Å². The molecule has 5 heteroatoms. The molecule has 1 amide bonds. The van der Waals surface area contributed by atoms with E-state index < -0.39 is 0 Å². The number of rotatable bonds is 6. The summed E-state index contributed by atoms with van der Waals surface area (Å²) in [6, 6.07) is 16.4. The highest BCUT2D eigenvalue weighted by molar-refractivity contribution is 7.22. The molecule has 0 N–H and O–H groups in total. The molecule has 0 aliphatic rings. The molecular formula is C26H27N3OS. The van der Waals surface area contributed by atoms with E-state index in [1.165, 1.54) is 11.1 Å². The molecule has 4 aromatic rings. The number of benzene rings is 2. The van der Waals surface area contributed by atoms with Crippen LogP contribution in [0.1, 0.15) is 47.6 Å². The number of pyridine rings is 1. The molecule has 2 aromatic heterocycles. The van der Waals surface area contributed by atoms with E-state index in [2.05, 4.69) is 69.1 Å². The Morgan fingerprint density at radius 3 is 2.48 bits per heavy atom. The quantitative estimate of drug-likeness (QED) is 0.366. The van der Waals surface area contributed by atoms with Crippen LogP contribution in [0.25, 0.3) is 10.2 Å². The molecule has 2 aromatic carbocycles. The first-order chi connectivity index (χ1) is 14.9. The third-order valence-corrected chi connectivity index (χ3v) is 6.71. The van der Waals surface area contributed by atoms with Gasteiger partial charge in [0.1, 0.15) is 0 Å². The van der Waals surface area contributed by atoms with Gasteiger partial charge in [0, 0.05) is 12.4 Å². The van der Waals surface area contributed by atoms with Crippen molar-refractivity contribution < 1.29 is 4.79 Å². The van der Waals surface area contributed by atoms with Gasteiger partial charge >= 0.3 is 0 Å². The van der Waals surface area contributed by atoms with Crippen LogP contribution < -0.4 is 4.90 Å². The highest BCUT2D eigenvalue weighted by atomic mass is 32.1. The molecule has 0 saturated carbocycles. The summed E-state index contributed by atoms with van der Waals surface area (Å²) in [5.41, 5.74) is 6.63. The topological polar surface area (TPSA) is 46.1 Å². The van der Waals surface area contributed by atoms with Gasteiger partial charge in [0.05, 0.1) is 23.2 Å². The van der Waals surface area contributed by atoms with Crippen LogP contribution in [-0.2, 0) is 17.8 Å². The van der Waals surface area contributed by atoms with E-state index in [-0.39, 0.29) is 5.91 Å². The second-order valence-electron chi connectivity index (χ2n) is 8.26. The fraction of sp³-hybridized carbons (Fsp3) is 0.269. The maximum Gasteiger partial charge on any atom is 0.233 e. The Morgan fingerprint density at radius 2 is 1.81 bits per heavy atom. The predicted molar refractivity (Wildman–Crippen MR) is 129 cm³/mol. The molecule has 0 aliphatic heterocycles. The third-order valence-electron chi connectivity index (χ3n) is 5.67. The highest BCUT2D eigenvalue weighted by Gasteiger charge is 2.21. The van der Waals surface area contributed by atoms with Gasteiger partial charge < -0.3 is 0 Å². The van der Waals surface area contributed by atoms with Crippen LogP contribution in [0.5, 0.6) is 0 Å². The molecule has 0 spiro atoms. The summed E-state index contributed by atoms with van der Waals surface area (Å²) in [6.45, 7) is 8.98. The molecule has 158 valence electrons. The maximum absolute atomic E-state index is 13.4. The molecule has 0 saturated heterocycles. The number of carbonyl (C=O) groups excluding carboxylic acids is 1. The maximum atomic E-state index is 13.4. The lowest BCUT2D eigenvalue weighted by Gasteiger charge is -2.20. The van der Waals surface area contributed by atoms with Crippen LogP contribution in [0.3, 0.4) is 0 Å². The summed E-state index contributed by atoms with van der Waals surface area (Å²) in [5, 5.41) is 0.733. The van der Waals surface area contributed by atoms with Gasteiger partial charge in [0.2, 0.25) is 5.91 Å². The minimum absolute atomic E-state index is 0.0366. The van der Waals surface area contributed by atoms with Gasteiger partial charge in [-0.3, -0.25) is 14.7 Å². The molecule has 0 radical (unpaired) electrons. The van der Waals surface area contributed by atoms with Crippen molar-refractivity contribution in [2.75, 3.05) is 4.90 Å². The number of amides is 1. The minimum atomic E-state index is 0.0366. The summed E-state index contributed by atoms with van der Waals surface area (Å²) >= 11 is 1.57. The number of anilines is 1. The van der Waals surface area contributed by atoms with Crippen LogP contribution in [0, 0.1) is 13.8 Å². The fourth-order valence-electron chi connectivity index (χ4n) is 3.56. The van der Waals surface area contributed by atoms with Crippen molar-refractivity contribution in [1.82, 2.24) is 9.97 Å². The highest BCUT2D eigenvalue weighted by Crippen LogP contribution is 2.33. The fourth-order valence-corrected chi connectivity index (χ4v) is 4.60. The van der Waals surface area contributed by atoms with E-state index in [1.54, 1.807) is 28.6 Å². The summed E-state index contributed by atoms with van der Waals surface area (Å²) in [5.74, 6) is 0.510. The first-order valence-corrected chi connectivity index (χ1v) is 11.4. The average Bonchev–Trinajstić information content (AvgIpc) is 3.20. The van der Waals surface area contributed by atoms with E-state index in [9.17, 15) is 4.79 Å². The zero-order chi connectivity index (χ0) is 22.0. The Labute approximate surface area is 187 Å². The Kier molecular flexibility index (Phi) is 6.14. The van der Waals surface area contributed by atoms with Gasteiger partial charge in [-0.1, -0.05) is 61.6 Å². The van der Waals surface area contributed by atoms with Crippen molar-refractivity contribution in [1.29, 1.82) is 0 Å². The van der Waals surface area contributed by atoms with E-state index in [0.717, 1.165) is 32.0 Å². The lowest BCUT2D eigenvalue weighted by atomic mass is 10.0. The standard InChI is InChI=1S/C26H27N3OS/c1-17(2)22-10-8-20(9-11-22)14-24(30)29(16-21-6-5-13-27-15-21)26-28-25-19(4)18(3)7-12-23(25)31-26/h5-13,15,17H,14,16H2,1-4H3. The number of aromatic nitrogens is 2. The Morgan fingerprint density at radius 1 is 1.03 bits per heavy atom. The number of carbonyl (C=O) groups is 1. The van der Waals surface area contributed by atoms with Gasteiger partial charge in [0.25, 0.3) is 0 Å². The zero-order valence-electron chi connectivity index (χ0n) is 18.4. The van der Waals surface area contributed by atoms with Gasteiger partial charge in [-0.05, 0) is 59.7 Å². The molecule has 0 atom stereocenters.